The zero-order chi connectivity index (χ0) is 29.6. The predicted octanol–water partition coefficient (Wildman–Crippen LogP) is 4.70. The summed E-state index contributed by atoms with van der Waals surface area (Å²) in [6.07, 6.45) is 0.403. The fourth-order valence-electron chi connectivity index (χ4n) is 5.44. The number of rotatable bonds is 11. The number of benzene rings is 2. The number of ketones is 3. The molecule has 4 N–H and O–H groups in total. The first-order chi connectivity index (χ1) is 18.8. The van der Waals surface area contributed by atoms with Gasteiger partial charge in [-0.2, -0.15) is 0 Å². The Hall–Kier alpha value is -3.56. The van der Waals surface area contributed by atoms with Gasteiger partial charge in [0.15, 0.2) is 5.78 Å². The molecular formula is C31H39NO8. The van der Waals surface area contributed by atoms with Crippen molar-refractivity contribution < 1.29 is 39.2 Å². The average Bonchev–Trinajstić information content (AvgIpc) is 2.83. The van der Waals surface area contributed by atoms with E-state index in [9.17, 15) is 34.5 Å². The number of amides is 1. The van der Waals surface area contributed by atoms with Crippen LogP contribution in [0, 0.1) is 17.8 Å². The van der Waals surface area contributed by atoms with E-state index in [2.05, 4.69) is 5.32 Å². The topological polar surface area (TPSA) is 150 Å². The molecule has 3 rings (SSSR count). The molecule has 0 fully saturated rings. The summed E-state index contributed by atoms with van der Waals surface area (Å²) in [7, 11) is 0. The third-order valence-electron chi connectivity index (χ3n) is 7.12. The molecule has 3 unspecified atom stereocenters. The van der Waals surface area contributed by atoms with Crippen LogP contribution in [0.4, 0.5) is 10.5 Å². The van der Waals surface area contributed by atoms with Gasteiger partial charge in [0.05, 0.1) is 18.6 Å². The van der Waals surface area contributed by atoms with Crippen molar-refractivity contribution in [2.75, 3.05) is 18.5 Å². The summed E-state index contributed by atoms with van der Waals surface area (Å²) in [5.41, 5.74) is 2.42. The molecule has 40 heavy (non-hydrogen) atoms. The van der Waals surface area contributed by atoms with E-state index >= 15 is 0 Å². The minimum absolute atomic E-state index is 0.0952. The maximum Gasteiger partial charge on any atom is 0.412 e. The summed E-state index contributed by atoms with van der Waals surface area (Å²) in [6, 6.07) is 10.3. The molecule has 2 aromatic carbocycles. The Kier molecular flexibility index (Phi) is 10.2. The standard InChI is InChI=1S/C31H39NO8/c1-18(35)13-27(37)25(17-34)21(11-12-33)14-19-15-24-23(9-10-26(36)29(24)28(38)16-19)20-5-7-22(8-6-20)32-30(39)40-31(2,3)4/h5-10,19,21,25,33-34,36H,11-17H2,1-4H3,(H,32,39). The van der Waals surface area contributed by atoms with Gasteiger partial charge < -0.3 is 20.1 Å². The van der Waals surface area contributed by atoms with Crippen LogP contribution in [0.5, 0.6) is 5.75 Å². The van der Waals surface area contributed by atoms with E-state index in [0.717, 1.165) is 11.1 Å². The maximum absolute atomic E-state index is 13.2. The lowest BCUT2D eigenvalue weighted by Gasteiger charge is -2.31. The number of aliphatic hydroxyl groups excluding tert-OH is 2. The number of fused-ring (bicyclic) bond motifs is 1. The number of hydrogen-bond acceptors (Lipinski definition) is 8. The summed E-state index contributed by atoms with van der Waals surface area (Å²) < 4.78 is 5.29. The first kappa shape index (κ1) is 31.0. The van der Waals surface area contributed by atoms with E-state index in [1.807, 2.05) is 12.1 Å². The molecule has 1 aliphatic rings. The summed E-state index contributed by atoms with van der Waals surface area (Å²) in [5, 5.41) is 32.8. The number of ether oxygens (including phenoxy) is 1. The number of phenolic OH excluding ortho intramolecular Hbond substituents is 1. The Morgan fingerprint density at radius 2 is 1.73 bits per heavy atom. The van der Waals surface area contributed by atoms with Gasteiger partial charge in [-0.05, 0) is 93.7 Å². The number of aliphatic hydroxyl groups is 2. The van der Waals surface area contributed by atoms with Crippen LogP contribution in [0.1, 0.15) is 69.3 Å². The molecule has 0 aromatic heterocycles. The van der Waals surface area contributed by atoms with Crippen LogP contribution < -0.4 is 5.32 Å². The highest BCUT2D eigenvalue weighted by molar-refractivity contribution is 6.03. The zero-order valence-electron chi connectivity index (χ0n) is 23.5. The lowest BCUT2D eigenvalue weighted by Crippen LogP contribution is -2.32. The van der Waals surface area contributed by atoms with Gasteiger partial charge in [0.25, 0.3) is 0 Å². The Balaban J connectivity index is 1.86. The Labute approximate surface area is 234 Å². The molecule has 0 saturated heterocycles. The lowest BCUT2D eigenvalue weighted by molar-refractivity contribution is -0.131. The van der Waals surface area contributed by atoms with Crippen molar-refractivity contribution in [3.05, 3.63) is 47.5 Å². The summed E-state index contributed by atoms with van der Waals surface area (Å²) >= 11 is 0. The van der Waals surface area contributed by atoms with E-state index < -0.39 is 30.1 Å². The minimum Gasteiger partial charge on any atom is -0.507 e. The number of carbonyl (C=O) groups excluding carboxylic acids is 4. The van der Waals surface area contributed by atoms with Crippen molar-refractivity contribution in [2.24, 2.45) is 17.8 Å². The molecule has 0 spiro atoms. The van der Waals surface area contributed by atoms with Gasteiger partial charge in [0.1, 0.15) is 22.9 Å². The van der Waals surface area contributed by atoms with E-state index in [1.165, 1.54) is 13.0 Å². The number of nitrogens with one attached hydrogen (secondary N) is 1. The van der Waals surface area contributed by atoms with Crippen LogP contribution in [0.2, 0.25) is 0 Å². The zero-order valence-corrected chi connectivity index (χ0v) is 23.5. The second kappa shape index (κ2) is 13.2. The second-order valence-corrected chi connectivity index (χ2v) is 11.5. The summed E-state index contributed by atoms with van der Waals surface area (Å²) in [6.45, 7) is 6.01. The van der Waals surface area contributed by atoms with Gasteiger partial charge in [0, 0.05) is 24.6 Å². The molecule has 0 bridgehead atoms. The Bertz CT molecular complexity index is 1250. The molecule has 9 nitrogen and oxygen atoms in total. The lowest BCUT2D eigenvalue weighted by atomic mass is 9.72. The van der Waals surface area contributed by atoms with Crippen LogP contribution in [-0.4, -0.2) is 57.6 Å². The van der Waals surface area contributed by atoms with Crippen molar-refractivity contribution >= 4 is 29.1 Å². The molecule has 0 radical (unpaired) electrons. The van der Waals surface area contributed by atoms with Crippen molar-refractivity contribution in [1.29, 1.82) is 0 Å². The van der Waals surface area contributed by atoms with Gasteiger partial charge in [-0.25, -0.2) is 4.79 Å². The quantitative estimate of drug-likeness (QED) is 0.293. The molecule has 1 amide bonds. The van der Waals surface area contributed by atoms with Crippen LogP contribution in [0.15, 0.2) is 36.4 Å². The Morgan fingerprint density at radius 3 is 2.30 bits per heavy atom. The predicted molar refractivity (Wildman–Crippen MR) is 150 cm³/mol. The summed E-state index contributed by atoms with van der Waals surface area (Å²) in [5.74, 6) is -2.37. The SMILES string of the molecule is CC(=O)CC(=O)C(CO)C(CCO)CC1CC(=O)c2c(O)ccc(-c3ccc(NC(=O)OC(C)(C)C)cc3)c2C1. The fraction of sp³-hybridized carbons (Fsp3) is 0.484. The maximum atomic E-state index is 13.2. The third-order valence-corrected chi connectivity index (χ3v) is 7.12. The minimum atomic E-state index is -0.804. The third kappa shape index (κ3) is 7.99. The van der Waals surface area contributed by atoms with E-state index in [0.29, 0.717) is 24.1 Å². The Morgan fingerprint density at radius 1 is 1.05 bits per heavy atom. The van der Waals surface area contributed by atoms with Crippen molar-refractivity contribution in [1.82, 2.24) is 0 Å². The van der Waals surface area contributed by atoms with E-state index in [4.69, 9.17) is 4.74 Å². The fourth-order valence-corrected chi connectivity index (χ4v) is 5.44. The first-order valence-electron chi connectivity index (χ1n) is 13.5. The van der Waals surface area contributed by atoms with Crippen LogP contribution >= 0.6 is 0 Å². The number of phenols is 1. The number of carbonyl (C=O) groups is 4. The van der Waals surface area contributed by atoms with Gasteiger partial charge in [-0.1, -0.05) is 18.2 Å². The highest BCUT2D eigenvalue weighted by Gasteiger charge is 2.35. The molecule has 3 atom stereocenters. The smallest absolute Gasteiger partial charge is 0.412 e. The van der Waals surface area contributed by atoms with Crippen LogP contribution in [0.3, 0.4) is 0 Å². The van der Waals surface area contributed by atoms with Crippen LogP contribution in [0.25, 0.3) is 11.1 Å². The summed E-state index contributed by atoms with van der Waals surface area (Å²) in [4.78, 5) is 49.5. The van der Waals surface area contributed by atoms with Crippen molar-refractivity contribution in [2.45, 2.75) is 65.4 Å². The largest absolute Gasteiger partial charge is 0.507 e. The molecule has 0 saturated carbocycles. The molecule has 216 valence electrons. The first-order valence-corrected chi connectivity index (χ1v) is 13.5. The van der Waals surface area contributed by atoms with Crippen molar-refractivity contribution in [3.8, 4) is 16.9 Å². The van der Waals surface area contributed by atoms with Gasteiger partial charge in [0.2, 0.25) is 0 Å². The van der Waals surface area contributed by atoms with Crippen molar-refractivity contribution in [3.63, 3.8) is 0 Å². The molecule has 0 aliphatic heterocycles. The van der Waals surface area contributed by atoms with Gasteiger partial charge >= 0.3 is 6.09 Å². The van der Waals surface area contributed by atoms with E-state index in [-0.39, 0.29) is 60.4 Å². The second-order valence-electron chi connectivity index (χ2n) is 11.5. The molecule has 2 aromatic rings. The van der Waals surface area contributed by atoms with Gasteiger partial charge in [-0.15, -0.1) is 0 Å². The monoisotopic (exact) mass is 553 g/mol. The van der Waals surface area contributed by atoms with E-state index in [1.54, 1.807) is 39.0 Å². The number of anilines is 1. The number of hydrogen-bond donors (Lipinski definition) is 4. The molecule has 1 aliphatic carbocycles. The molecule has 9 heteroatoms. The molecule has 0 heterocycles. The normalized spacial score (nSPS) is 16.6. The van der Waals surface area contributed by atoms with Gasteiger partial charge in [-0.3, -0.25) is 19.7 Å². The number of Topliss-reactive ketones (excluding diaryl/α,β-unsaturated/α-hetero) is 3. The molecular weight excluding hydrogens is 514 g/mol. The average molecular weight is 554 g/mol. The highest BCUT2D eigenvalue weighted by Crippen LogP contribution is 2.41. The highest BCUT2D eigenvalue weighted by atomic mass is 16.6. The number of aromatic hydroxyl groups is 1. The van der Waals surface area contributed by atoms with Crippen LogP contribution in [-0.2, 0) is 20.7 Å².